The van der Waals surface area contributed by atoms with Crippen molar-refractivity contribution in [2.75, 3.05) is 13.1 Å². The Bertz CT molecular complexity index is 855. The number of benzene rings is 1. The second-order valence-electron chi connectivity index (χ2n) is 6.81. The lowest BCUT2D eigenvalue weighted by molar-refractivity contribution is -0.149. The summed E-state index contributed by atoms with van der Waals surface area (Å²) in [6.07, 6.45) is 2.48. The summed E-state index contributed by atoms with van der Waals surface area (Å²) in [6.45, 7) is 1.15. The predicted octanol–water partition coefficient (Wildman–Crippen LogP) is 3.35. The molecule has 0 radical (unpaired) electrons. The van der Waals surface area contributed by atoms with Crippen LogP contribution >= 0.6 is 22.9 Å². The van der Waals surface area contributed by atoms with Crippen LogP contribution in [0.5, 0.6) is 0 Å². The van der Waals surface area contributed by atoms with Crippen LogP contribution in [0, 0.1) is 11.3 Å². The Morgan fingerprint density at radius 2 is 2.32 bits per heavy atom. The van der Waals surface area contributed by atoms with Crippen molar-refractivity contribution in [3.8, 4) is 0 Å². The van der Waals surface area contributed by atoms with Crippen LogP contribution in [0.3, 0.4) is 0 Å². The number of thiazole rings is 1. The third-order valence-electron chi connectivity index (χ3n) is 5.37. The largest absolute Gasteiger partial charge is 0.481 e. The molecule has 0 bridgehead atoms. The van der Waals surface area contributed by atoms with E-state index in [-0.39, 0.29) is 11.9 Å². The quantitative estimate of drug-likeness (QED) is 0.856. The Labute approximate surface area is 153 Å². The third-order valence-corrected chi connectivity index (χ3v) is 6.64. The van der Waals surface area contributed by atoms with E-state index in [9.17, 15) is 14.7 Å². The molecule has 1 aromatic carbocycles. The fraction of sp³-hybridized carbons (Fsp3) is 0.471. The van der Waals surface area contributed by atoms with Crippen molar-refractivity contribution in [2.24, 2.45) is 11.3 Å². The lowest BCUT2D eigenvalue weighted by atomic mass is 9.81. The van der Waals surface area contributed by atoms with Crippen molar-refractivity contribution in [3.05, 3.63) is 28.2 Å². The highest BCUT2D eigenvalue weighted by molar-refractivity contribution is 7.18. The molecule has 2 heterocycles. The van der Waals surface area contributed by atoms with Gasteiger partial charge in [-0.1, -0.05) is 18.0 Å². The second kappa shape index (κ2) is 6.14. The summed E-state index contributed by atoms with van der Waals surface area (Å²) >= 11 is 7.48. The summed E-state index contributed by atoms with van der Waals surface area (Å²) in [5, 5.41) is 13.9. The summed E-state index contributed by atoms with van der Waals surface area (Å²) in [5.74, 6) is -0.700. The minimum atomic E-state index is -0.770. The molecular formula is C17H18ClN3O3S. The molecule has 2 fully saturated rings. The normalized spacial score (nSPS) is 25.3. The van der Waals surface area contributed by atoms with Crippen LogP contribution in [0.1, 0.15) is 24.3 Å². The molecule has 2 aromatic rings. The SMILES string of the molecule is O=C(NCc1nc2cc(Cl)ccc2s1)N1C[C@@H]2CCC[C@@]2(C(=O)O)C1. The summed E-state index contributed by atoms with van der Waals surface area (Å²) < 4.78 is 1.02. The average Bonchev–Trinajstić information content (AvgIpc) is 3.23. The van der Waals surface area contributed by atoms with Crippen molar-refractivity contribution >= 4 is 45.2 Å². The van der Waals surface area contributed by atoms with Crippen LogP contribution in [-0.4, -0.2) is 40.1 Å². The van der Waals surface area contributed by atoms with Gasteiger partial charge in [0, 0.05) is 18.1 Å². The van der Waals surface area contributed by atoms with Crippen LogP contribution in [0.2, 0.25) is 5.02 Å². The number of hydrogen-bond acceptors (Lipinski definition) is 4. The van der Waals surface area contributed by atoms with Crippen molar-refractivity contribution in [1.82, 2.24) is 15.2 Å². The first-order valence-corrected chi connectivity index (χ1v) is 9.48. The van der Waals surface area contributed by atoms with Crippen LogP contribution < -0.4 is 5.32 Å². The van der Waals surface area contributed by atoms with Crippen molar-refractivity contribution in [3.63, 3.8) is 0 Å². The monoisotopic (exact) mass is 379 g/mol. The maximum Gasteiger partial charge on any atom is 0.317 e. The van der Waals surface area contributed by atoms with Crippen molar-refractivity contribution in [1.29, 1.82) is 0 Å². The molecule has 1 aliphatic heterocycles. The number of fused-ring (bicyclic) bond motifs is 2. The van der Waals surface area contributed by atoms with E-state index in [1.54, 1.807) is 11.0 Å². The Hall–Kier alpha value is -1.86. The molecule has 2 atom stereocenters. The molecule has 0 unspecified atom stereocenters. The maximum atomic E-state index is 12.5. The van der Waals surface area contributed by atoms with Gasteiger partial charge >= 0.3 is 12.0 Å². The summed E-state index contributed by atoms with van der Waals surface area (Å²) in [4.78, 5) is 30.3. The zero-order chi connectivity index (χ0) is 17.6. The highest BCUT2D eigenvalue weighted by Crippen LogP contribution is 2.48. The van der Waals surface area contributed by atoms with Gasteiger partial charge in [-0.25, -0.2) is 9.78 Å². The number of aromatic nitrogens is 1. The highest BCUT2D eigenvalue weighted by atomic mass is 35.5. The summed E-state index contributed by atoms with van der Waals surface area (Å²) in [5.41, 5.74) is 0.0755. The van der Waals surface area contributed by atoms with Gasteiger partial charge in [-0.05, 0) is 37.0 Å². The number of aliphatic carboxylic acids is 1. The Morgan fingerprint density at radius 3 is 3.08 bits per heavy atom. The van der Waals surface area contributed by atoms with Gasteiger partial charge in [0.1, 0.15) is 5.01 Å². The highest BCUT2D eigenvalue weighted by Gasteiger charge is 2.55. The molecule has 6 nitrogen and oxygen atoms in total. The van der Waals surface area contributed by atoms with Gasteiger partial charge in [-0.2, -0.15) is 0 Å². The van der Waals surface area contributed by atoms with Gasteiger partial charge in [-0.3, -0.25) is 4.79 Å². The number of rotatable bonds is 3. The zero-order valence-electron chi connectivity index (χ0n) is 13.5. The van der Waals surface area contributed by atoms with Gasteiger partial charge in [0.25, 0.3) is 0 Å². The Morgan fingerprint density at radius 1 is 1.48 bits per heavy atom. The maximum absolute atomic E-state index is 12.5. The molecule has 1 aromatic heterocycles. The molecule has 25 heavy (non-hydrogen) atoms. The van der Waals surface area contributed by atoms with Gasteiger partial charge in [0.15, 0.2) is 0 Å². The lowest BCUT2D eigenvalue weighted by Crippen LogP contribution is -2.41. The molecule has 2 aliphatic rings. The number of hydrogen-bond donors (Lipinski definition) is 2. The number of carbonyl (C=O) groups is 2. The molecule has 0 spiro atoms. The molecule has 2 N–H and O–H groups in total. The zero-order valence-corrected chi connectivity index (χ0v) is 15.1. The number of carbonyl (C=O) groups excluding carboxylic acids is 1. The molecule has 8 heteroatoms. The van der Waals surface area contributed by atoms with Crippen LogP contribution in [0.25, 0.3) is 10.2 Å². The van der Waals surface area contributed by atoms with E-state index in [0.717, 1.165) is 28.1 Å². The van der Waals surface area contributed by atoms with E-state index < -0.39 is 11.4 Å². The van der Waals surface area contributed by atoms with Gasteiger partial charge in [-0.15, -0.1) is 11.3 Å². The molecule has 2 amide bonds. The van der Waals surface area contributed by atoms with Crippen molar-refractivity contribution in [2.45, 2.75) is 25.8 Å². The van der Waals surface area contributed by atoms with Crippen LogP contribution in [0.4, 0.5) is 4.79 Å². The van der Waals surface area contributed by atoms with Crippen LogP contribution in [-0.2, 0) is 11.3 Å². The summed E-state index contributed by atoms with van der Waals surface area (Å²) in [7, 11) is 0. The van der Waals surface area contributed by atoms with E-state index in [1.165, 1.54) is 11.3 Å². The number of halogens is 1. The molecule has 132 valence electrons. The first kappa shape index (κ1) is 16.6. The van der Waals surface area contributed by atoms with Gasteiger partial charge in [0.05, 0.1) is 22.2 Å². The second-order valence-corrected chi connectivity index (χ2v) is 8.36. The van der Waals surface area contributed by atoms with E-state index in [0.29, 0.717) is 31.1 Å². The predicted molar refractivity (Wildman–Crippen MR) is 95.8 cm³/mol. The standard InChI is InChI=1S/C17H18ClN3O3S/c18-11-3-4-13-12(6-11)20-14(25-13)7-19-16(24)21-8-10-2-1-5-17(10,9-21)15(22)23/h3-4,6,10H,1-2,5,7-9H2,(H,19,24)(H,22,23)/t10-,17+/m0/s1. The van der Waals surface area contributed by atoms with E-state index in [1.807, 2.05) is 12.1 Å². The average molecular weight is 380 g/mol. The third kappa shape index (κ3) is 2.85. The van der Waals surface area contributed by atoms with E-state index in [2.05, 4.69) is 10.3 Å². The smallest absolute Gasteiger partial charge is 0.317 e. The Kier molecular flexibility index (Phi) is 4.08. The minimum absolute atomic E-state index is 0.0698. The number of amides is 2. The first-order chi connectivity index (χ1) is 12.0. The van der Waals surface area contributed by atoms with Gasteiger partial charge in [0.2, 0.25) is 0 Å². The van der Waals surface area contributed by atoms with E-state index in [4.69, 9.17) is 11.6 Å². The molecule has 4 rings (SSSR count). The lowest BCUT2D eigenvalue weighted by Gasteiger charge is -2.23. The summed E-state index contributed by atoms with van der Waals surface area (Å²) in [6, 6.07) is 5.32. The van der Waals surface area contributed by atoms with Crippen LogP contribution in [0.15, 0.2) is 18.2 Å². The van der Waals surface area contributed by atoms with E-state index >= 15 is 0 Å². The molecular weight excluding hydrogens is 362 g/mol. The first-order valence-electron chi connectivity index (χ1n) is 8.29. The number of nitrogens with zero attached hydrogens (tertiary/aromatic N) is 2. The minimum Gasteiger partial charge on any atom is -0.481 e. The Balaban J connectivity index is 1.41. The number of likely N-dealkylation sites (tertiary alicyclic amines) is 1. The number of carboxylic acids is 1. The fourth-order valence-corrected chi connectivity index (χ4v) is 5.13. The molecule has 1 aliphatic carbocycles. The number of nitrogens with one attached hydrogen (secondary N) is 1. The number of carboxylic acid groups (broad SMARTS) is 1. The van der Waals surface area contributed by atoms with Crippen molar-refractivity contribution < 1.29 is 14.7 Å². The fourth-order valence-electron chi connectivity index (χ4n) is 4.08. The topological polar surface area (TPSA) is 82.5 Å². The van der Waals surface area contributed by atoms with Gasteiger partial charge < -0.3 is 15.3 Å². The number of urea groups is 1. The molecule has 1 saturated heterocycles. The molecule has 1 saturated carbocycles.